The quantitative estimate of drug-likeness (QED) is 0.877. The van der Waals surface area contributed by atoms with Gasteiger partial charge in [0, 0.05) is 19.3 Å². The summed E-state index contributed by atoms with van der Waals surface area (Å²) in [5.41, 5.74) is 0.924. The summed E-state index contributed by atoms with van der Waals surface area (Å²) in [4.78, 5) is 16.8. The van der Waals surface area contributed by atoms with Gasteiger partial charge in [0.2, 0.25) is 0 Å². The van der Waals surface area contributed by atoms with E-state index in [0.717, 1.165) is 29.9 Å². The van der Waals surface area contributed by atoms with E-state index in [1.165, 1.54) is 38.9 Å². The zero-order valence-corrected chi connectivity index (χ0v) is 12.2. The number of nitrogens with one attached hydrogen (secondary N) is 1. The number of fused-ring (bicyclic) bond motifs is 1. The Balaban J connectivity index is 1.64. The molecule has 0 aliphatic carbocycles. The minimum absolute atomic E-state index is 0.924. The van der Waals surface area contributed by atoms with Crippen LogP contribution in [0.1, 0.15) is 26.2 Å². The maximum atomic E-state index is 4.48. The van der Waals surface area contributed by atoms with E-state index in [1.807, 2.05) is 6.20 Å². The average molecular weight is 273 g/mol. The highest BCUT2D eigenvalue weighted by molar-refractivity contribution is 5.87. The highest BCUT2D eigenvalue weighted by Gasteiger charge is 2.14. The van der Waals surface area contributed by atoms with E-state index < -0.39 is 0 Å². The number of aromatic amines is 1. The summed E-state index contributed by atoms with van der Waals surface area (Å²) < 4.78 is 0. The highest BCUT2D eigenvalue weighted by Crippen LogP contribution is 2.22. The fraction of sp³-hybridized carbons (Fsp3) is 0.600. The monoisotopic (exact) mass is 273 g/mol. The van der Waals surface area contributed by atoms with Crippen molar-refractivity contribution in [3.8, 4) is 0 Å². The number of likely N-dealkylation sites (tertiary alicyclic amines) is 1. The lowest BCUT2D eigenvalue weighted by atomic mass is 10.3. The fourth-order valence-electron chi connectivity index (χ4n) is 3.02. The number of rotatable bonds is 6. The number of nitrogens with zero attached hydrogens (tertiary/aromatic N) is 4. The summed E-state index contributed by atoms with van der Waals surface area (Å²) in [6.07, 6.45) is 7.52. The van der Waals surface area contributed by atoms with Crippen molar-refractivity contribution in [3.05, 3.63) is 18.6 Å². The molecule has 20 heavy (non-hydrogen) atoms. The van der Waals surface area contributed by atoms with E-state index in [4.69, 9.17) is 0 Å². The SMILES string of the molecule is CCN(CCCN1CCCC1)c1ncnc2[nH]ccc12. The van der Waals surface area contributed by atoms with Crippen molar-refractivity contribution in [2.45, 2.75) is 26.2 Å². The number of hydrogen-bond acceptors (Lipinski definition) is 4. The second kappa shape index (κ2) is 6.22. The summed E-state index contributed by atoms with van der Waals surface area (Å²) in [5.74, 6) is 1.06. The van der Waals surface area contributed by atoms with Gasteiger partial charge in [0.15, 0.2) is 0 Å². The van der Waals surface area contributed by atoms with Crippen molar-refractivity contribution in [1.82, 2.24) is 19.9 Å². The highest BCUT2D eigenvalue weighted by atomic mass is 15.2. The molecule has 3 heterocycles. The first kappa shape index (κ1) is 13.4. The van der Waals surface area contributed by atoms with E-state index in [0.29, 0.717) is 0 Å². The number of anilines is 1. The zero-order chi connectivity index (χ0) is 13.8. The van der Waals surface area contributed by atoms with Crippen molar-refractivity contribution >= 4 is 16.9 Å². The van der Waals surface area contributed by atoms with Crippen LogP contribution in [0, 0.1) is 0 Å². The first-order chi connectivity index (χ1) is 9.88. The maximum absolute atomic E-state index is 4.48. The van der Waals surface area contributed by atoms with E-state index in [-0.39, 0.29) is 0 Å². The molecule has 0 radical (unpaired) electrons. The molecule has 1 aliphatic heterocycles. The lowest BCUT2D eigenvalue weighted by molar-refractivity contribution is 0.334. The van der Waals surface area contributed by atoms with Crippen molar-refractivity contribution in [1.29, 1.82) is 0 Å². The van der Waals surface area contributed by atoms with E-state index >= 15 is 0 Å². The van der Waals surface area contributed by atoms with Gasteiger partial charge in [-0.05, 0) is 51.9 Å². The molecule has 0 amide bonds. The molecule has 0 atom stereocenters. The van der Waals surface area contributed by atoms with E-state index in [1.54, 1.807) is 6.33 Å². The van der Waals surface area contributed by atoms with Crippen LogP contribution >= 0.6 is 0 Å². The molecule has 1 fully saturated rings. The van der Waals surface area contributed by atoms with Gasteiger partial charge in [-0.3, -0.25) is 0 Å². The summed E-state index contributed by atoms with van der Waals surface area (Å²) in [6, 6.07) is 2.06. The minimum Gasteiger partial charge on any atom is -0.356 e. The molecule has 2 aromatic rings. The molecular weight excluding hydrogens is 250 g/mol. The topological polar surface area (TPSA) is 48.1 Å². The molecule has 1 aliphatic rings. The smallest absolute Gasteiger partial charge is 0.142 e. The Labute approximate surface area is 120 Å². The first-order valence-electron chi connectivity index (χ1n) is 7.64. The van der Waals surface area contributed by atoms with Crippen LogP contribution in [0.15, 0.2) is 18.6 Å². The Morgan fingerprint density at radius 3 is 2.95 bits per heavy atom. The summed E-state index contributed by atoms with van der Waals surface area (Å²) in [7, 11) is 0. The standard InChI is InChI=1S/C15H23N5/c1-2-20(11-5-10-19-8-3-4-9-19)15-13-6-7-16-14(13)17-12-18-15/h6-7,12H,2-5,8-11H2,1H3,(H,16,17,18). The third-order valence-corrected chi connectivity index (χ3v) is 4.12. The van der Waals surface area contributed by atoms with Gasteiger partial charge in [0.25, 0.3) is 0 Å². The molecule has 0 aromatic carbocycles. The molecule has 1 saturated heterocycles. The molecular formula is C15H23N5. The molecule has 108 valence electrons. The van der Waals surface area contributed by atoms with Gasteiger partial charge in [0.1, 0.15) is 17.8 Å². The molecule has 5 heteroatoms. The fourth-order valence-corrected chi connectivity index (χ4v) is 3.02. The largest absolute Gasteiger partial charge is 0.356 e. The van der Waals surface area contributed by atoms with Gasteiger partial charge in [0.05, 0.1) is 5.39 Å². The normalized spacial score (nSPS) is 16.1. The molecule has 0 spiro atoms. The predicted molar refractivity (Wildman–Crippen MR) is 82.1 cm³/mol. The van der Waals surface area contributed by atoms with Gasteiger partial charge < -0.3 is 14.8 Å². The van der Waals surface area contributed by atoms with Gasteiger partial charge in [-0.25, -0.2) is 9.97 Å². The molecule has 5 nitrogen and oxygen atoms in total. The van der Waals surface area contributed by atoms with Crippen LogP contribution in [0.5, 0.6) is 0 Å². The number of H-pyrrole nitrogens is 1. The van der Waals surface area contributed by atoms with E-state index in [2.05, 4.69) is 37.7 Å². The third kappa shape index (κ3) is 2.77. The van der Waals surface area contributed by atoms with Crippen molar-refractivity contribution < 1.29 is 0 Å². The Hall–Kier alpha value is -1.62. The van der Waals surface area contributed by atoms with Gasteiger partial charge in [-0.1, -0.05) is 0 Å². The van der Waals surface area contributed by atoms with Crippen LogP contribution in [0.4, 0.5) is 5.82 Å². The van der Waals surface area contributed by atoms with E-state index in [9.17, 15) is 0 Å². The lowest BCUT2D eigenvalue weighted by Gasteiger charge is -2.24. The van der Waals surface area contributed by atoms with Crippen molar-refractivity contribution in [2.24, 2.45) is 0 Å². The lowest BCUT2D eigenvalue weighted by Crippen LogP contribution is -2.29. The second-order valence-corrected chi connectivity index (χ2v) is 5.42. The zero-order valence-electron chi connectivity index (χ0n) is 12.2. The Kier molecular flexibility index (Phi) is 4.16. The molecule has 0 bridgehead atoms. The van der Waals surface area contributed by atoms with Gasteiger partial charge in [-0.2, -0.15) is 0 Å². The van der Waals surface area contributed by atoms with Crippen LogP contribution in [0.2, 0.25) is 0 Å². The van der Waals surface area contributed by atoms with Gasteiger partial charge >= 0.3 is 0 Å². The van der Waals surface area contributed by atoms with Crippen LogP contribution in [0.25, 0.3) is 11.0 Å². The maximum Gasteiger partial charge on any atom is 0.142 e. The van der Waals surface area contributed by atoms with Crippen LogP contribution in [-0.2, 0) is 0 Å². The molecule has 3 rings (SSSR count). The van der Waals surface area contributed by atoms with Crippen LogP contribution in [0.3, 0.4) is 0 Å². The Morgan fingerprint density at radius 1 is 1.30 bits per heavy atom. The summed E-state index contributed by atoms with van der Waals surface area (Å²) in [5, 5.41) is 1.12. The molecule has 2 aromatic heterocycles. The predicted octanol–water partition coefficient (Wildman–Crippen LogP) is 2.27. The second-order valence-electron chi connectivity index (χ2n) is 5.42. The molecule has 0 unspecified atom stereocenters. The Bertz CT molecular complexity index is 544. The number of aromatic nitrogens is 3. The van der Waals surface area contributed by atoms with Crippen molar-refractivity contribution in [2.75, 3.05) is 37.6 Å². The summed E-state index contributed by atoms with van der Waals surface area (Å²) >= 11 is 0. The Morgan fingerprint density at radius 2 is 2.15 bits per heavy atom. The molecule has 0 saturated carbocycles. The van der Waals surface area contributed by atoms with Crippen LogP contribution < -0.4 is 4.90 Å². The minimum atomic E-state index is 0.924. The van der Waals surface area contributed by atoms with Crippen LogP contribution in [-0.4, -0.2) is 52.6 Å². The average Bonchev–Trinajstić information content (AvgIpc) is 3.14. The summed E-state index contributed by atoms with van der Waals surface area (Å²) in [6.45, 7) is 8.00. The molecule has 1 N–H and O–H groups in total. The first-order valence-corrected chi connectivity index (χ1v) is 7.64. The van der Waals surface area contributed by atoms with Crippen molar-refractivity contribution in [3.63, 3.8) is 0 Å². The number of hydrogen-bond donors (Lipinski definition) is 1. The van der Waals surface area contributed by atoms with Gasteiger partial charge in [-0.15, -0.1) is 0 Å². The third-order valence-electron chi connectivity index (χ3n) is 4.12.